The SMILES string of the molecule is COc1ccc(COc2ccc(CCc3cncc(C(=O)O)c3)cc2)cc1. The molecule has 0 aliphatic carbocycles. The molecule has 0 saturated heterocycles. The summed E-state index contributed by atoms with van der Waals surface area (Å²) in [5, 5.41) is 9.02. The Morgan fingerprint density at radius 1 is 0.889 bits per heavy atom. The van der Waals surface area contributed by atoms with Crippen molar-refractivity contribution in [1.29, 1.82) is 0 Å². The van der Waals surface area contributed by atoms with E-state index in [0.717, 1.165) is 41.0 Å². The van der Waals surface area contributed by atoms with Crippen LogP contribution in [0.25, 0.3) is 0 Å². The van der Waals surface area contributed by atoms with Crippen LogP contribution in [0.1, 0.15) is 27.0 Å². The van der Waals surface area contributed by atoms with E-state index in [1.165, 1.54) is 6.20 Å². The molecule has 0 saturated carbocycles. The van der Waals surface area contributed by atoms with Crippen molar-refractivity contribution in [3.63, 3.8) is 0 Å². The van der Waals surface area contributed by atoms with Crippen molar-refractivity contribution < 1.29 is 19.4 Å². The van der Waals surface area contributed by atoms with E-state index in [9.17, 15) is 4.79 Å². The first-order chi connectivity index (χ1) is 13.1. The third-order valence-electron chi connectivity index (χ3n) is 4.23. The molecule has 0 atom stereocenters. The van der Waals surface area contributed by atoms with Crippen LogP contribution in [0, 0.1) is 0 Å². The molecule has 0 bridgehead atoms. The van der Waals surface area contributed by atoms with Crippen LogP contribution in [0.5, 0.6) is 11.5 Å². The van der Waals surface area contributed by atoms with Crippen LogP contribution in [0.3, 0.4) is 0 Å². The van der Waals surface area contributed by atoms with E-state index >= 15 is 0 Å². The van der Waals surface area contributed by atoms with Gasteiger partial charge in [-0.2, -0.15) is 0 Å². The van der Waals surface area contributed by atoms with Gasteiger partial charge in [-0.15, -0.1) is 0 Å². The molecule has 0 aliphatic rings. The summed E-state index contributed by atoms with van der Waals surface area (Å²) in [6.45, 7) is 0.497. The number of ether oxygens (including phenoxy) is 2. The van der Waals surface area contributed by atoms with Gasteiger partial charge in [-0.1, -0.05) is 24.3 Å². The minimum atomic E-state index is -0.956. The molecule has 5 heteroatoms. The van der Waals surface area contributed by atoms with E-state index in [-0.39, 0.29) is 5.56 Å². The van der Waals surface area contributed by atoms with Gasteiger partial charge < -0.3 is 14.6 Å². The highest BCUT2D eigenvalue weighted by Gasteiger charge is 2.05. The van der Waals surface area contributed by atoms with Gasteiger partial charge in [0.25, 0.3) is 0 Å². The number of aromatic nitrogens is 1. The van der Waals surface area contributed by atoms with Crippen molar-refractivity contribution in [3.05, 3.63) is 89.2 Å². The largest absolute Gasteiger partial charge is 0.497 e. The predicted molar refractivity (Wildman–Crippen MR) is 102 cm³/mol. The van der Waals surface area contributed by atoms with Gasteiger partial charge in [-0.3, -0.25) is 4.98 Å². The highest BCUT2D eigenvalue weighted by atomic mass is 16.5. The highest BCUT2D eigenvalue weighted by Crippen LogP contribution is 2.17. The van der Waals surface area contributed by atoms with Crippen molar-refractivity contribution in [3.8, 4) is 11.5 Å². The van der Waals surface area contributed by atoms with Gasteiger partial charge in [-0.05, 0) is 59.9 Å². The molecule has 0 radical (unpaired) electrons. The summed E-state index contributed by atoms with van der Waals surface area (Å²) in [7, 11) is 1.65. The number of carbonyl (C=O) groups is 1. The summed E-state index contributed by atoms with van der Waals surface area (Å²) >= 11 is 0. The second-order valence-corrected chi connectivity index (χ2v) is 6.17. The van der Waals surface area contributed by atoms with Crippen LogP contribution < -0.4 is 9.47 Å². The Hall–Kier alpha value is -3.34. The number of rotatable bonds is 8. The summed E-state index contributed by atoms with van der Waals surface area (Å²) in [5.74, 6) is 0.680. The second kappa shape index (κ2) is 8.85. The normalized spacial score (nSPS) is 10.4. The molecule has 2 aromatic carbocycles. The average Bonchev–Trinajstić information content (AvgIpc) is 2.72. The van der Waals surface area contributed by atoms with E-state index in [4.69, 9.17) is 14.6 Å². The number of carboxylic acid groups (broad SMARTS) is 1. The first kappa shape index (κ1) is 18.5. The first-order valence-corrected chi connectivity index (χ1v) is 8.66. The molecule has 3 aromatic rings. The van der Waals surface area contributed by atoms with Crippen LogP contribution in [-0.2, 0) is 19.4 Å². The summed E-state index contributed by atoms with van der Waals surface area (Å²) in [4.78, 5) is 15.0. The first-order valence-electron chi connectivity index (χ1n) is 8.66. The molecule has 0 aliphatic heterocycles. The Morgan fingerprint density at radius 2 is 1.52 bits per heavy atom. The number of carboxylic acids is 1. The number of hydrogen-bond acceptors (Lipinski definition) is 4. The van der Waals surface area contributed by atoms with Crippen molar-refractivity contribution in [1.82, 2.24) is 4.98 Å². The van der Waals surface area contributed by atoms with Crippen molar-refractivity contribution >= 4 is 5.97 Å². The second-order valence-electron chi connectivity index (χ2n) is 6.17. The fourth-order valence-electron chi connectivity index (χ4n) is 2.67. The number of aryl methyl sites for hydroxylation is 2. The van der Waals surface area contributed by atoms with Crippen LogP contribution in [0.2, 0.25) is 0 Å². The molecule has 5 nitrogen and oxygen atoms in total. The lowest BCUT2D eigenvalue weighted by molar-refractivity contribution is 0.0696. The van der Waals surface area contributed by atoms with Gasteiger partial charge in [0, 0.05) is 12.4 Å². The molecule has 0 unspecified atom stereocenters. The molecule has 27 heavy (non-hydrogen) atoms. The lowest BCUT2D eigenvalue weighted by Gasteiger charge is -2.08. The van der Waals surface area contributed by atoms with E-state index in [2.05, 4.69) is 4.98 Å². The average molecular weight is 363 g/mol. The van der Waals surface area contributed by atoms with E-state index in [1.807, 2.05) is 48.5 Å². The van der Waals surface area contributed by atoms with Crippen LogP contribution in [0.15, 0.2) is 67.0 Å². The highest BCUT2D eigenvalue weighted by molar-refractivity contribution is 5.87. The molecule has 0 spiro atoms. The van der Waals surface area contributed by atoms with Crippen molar-refractivity contribution in [2.75, 3.05) is 7.11 Å². The minimum Gasteiger partial charge on any atom is -0.497 e. The molecular weight excluding hydrogens is 342 g/mol. The van der Waals surface area contributed by atoms with Crippen LogP contribution in [-0.4, -0.2) is 23.2 Å². The summed E-state index contributed by atoms with van der Waals surface area (Å²) in [5.41, 5.74) is 3.36. The summed E-state index contributed by atoms with van der Waals surface area (Å²) in [6, 6.07) is 17.4. The number of benzene rings is 2. The molecule has 1 N–H and O–H groups in total. The van der Waals surface area contributed by atoms with E-state index in [1.54, 1.807) is 19.4 Å². The fourth-order valence-corrected chi connectivity index (χ4v) is 2.67. The zero-order chi connectivity index (χ0) is 19.1. The summed E-state index contributed by atoms with van der Waals surface area (Å²) in [6.07, 6.45) is 4.61. The van der Waals surface area contributed by atoms with E-state index in [0.29, 0.717) is 6.61 Å². The minimum absolute atomic E-state index is 0.217. The lowest BCUT2D eigenvalue weighted by atomic mass is 10.0. The van der Waals surface area contributed by atoms with Gasteiger partial charge in [0.1, 0.15) is 18.1 Å². The Kier molecular flexibility index (Phi) is 6.05. The number of aromatic carboxylic acids is 1. The number of pyridine rings is 1. The van der Waals surface area contributed by atoms with Gasteiger partial charge in [0.2, 0.25) is 0 Å². The standard InChI is InChI=1S/C22H21NO4/c1-26-20-8-6-17(7-9-20)15-27-21-10-4-16(5-11-21)2-3-18-12-19(22(24)25)14-23-13-18/h4-14H,2-3,15H2,1H3,(H,24,25). The van der Waals surface area contributed by atoms with Crippen LogP contribution >= 0.6 is 0 Å². The smallest absolute Gasteiger partial charge is 0.337 e. The summed E-state index contributed by atoms with van der Waals surface area (Å²) < 4.78 is 11.0. The monoisotopic (exact) mass is 363 g/mol. The molecule has 0 amide bonds. The molecular formula is C22H21NO4. The third kappa shape index (κ3) is 5.31. The van der Waals surface area contributed by atoms with Crippen molar-refractivity contribution in [2.24, 2.45) is 0 Å². The molecule has 0 fully saturated rings. The number of hydrogen-bond donors (Lipinski definition) is 1. The topological polar surface area (TPSA) is 68.7 Å². The fraction of sp³-hybridized carbons (Fsp3) is 0.182. The van der Waals surface area contributed by atoms with Gasteiger partial charge in [0.05, 0.1) is 12.7 Å². The van der Waals surface area contributed by atoms with Gasteiger partial charge >= 0.3 is 5.97 Å². The van der Waals surface area contributed by atoms with E-state index < -0.39 is 5.97 Å². The Labute approximate surface area is 158 Å². The Balaban J connectivity index is 1.52. The van der Waals surface area contributed by atoms with Crippen molar-refractivity contribution in [2.45, 2.75) is 19.4 Å². The molecule has 1 heterocycles. The predicted octanol–water partition coefficient (Wildman–Crippen LogP) is 4.15. The number of nitrogens with zero attached hydrogens (tertiary/aromatic N) is 1. The Bertz CT molecular complexity index is 889. The zero-order valence-electron chi connectivity index (χ0n) is 15.1. The molecule has 1 aromatic heterocycles. The lowest BCUT2D eigenvalue weighted by Crippen LogP contribution is -2.00. The third-order valence-corrected chi connectivity index (χ3v) is 4.23. The maximum Gasteiger partial charge on any atom is 0.337 e. The molecule has 138 valence electrons. The molecule has 3 rings (SSSR count). The zero-order valence-corrected chi connectivity index (χ0v) is 15.1. The Morgan fingerprint density at radius 3 is 2.19 bits per heavy atom. The maximum absolute atomic E-state index is 11.0. The van der Waals surface area contributed by atoms with Gasteiger partial charge in [-0.25, -0.2) is 4.79 Å². The quantitative estimate of drug-likeness (QED) is 0.651. The van der Waals surface area contributed by atoms with Crippen LogP contribution in [0.4, 0.5) is 0 Å². The van der Waals surface area contributed by atoms with Gasteiger partial charge in [0.15, 0.2) is 0 Å². The maximum atomic E-state index is 11.0. The number of methoxy groups -OCH3 is 1.